The predicted octanol–water partition coefficient (Wildman–Crippen LogP) is 1.66. The van der Waals surface area contributed by atoms with Crippen molar-refractivity contribution < 1.29 is 18.7 Å². The van der Waals surface area contributed by atoms with Crippen molar-refractivity contribution in [2.24, 2.45) is 0 Å². The highest BCUT2D eigenvalue weighted by molar-refractivity contribution is 14.1. The van der Waals surface area contributed by atoms with Gasteiger partial charge in [-0.25, -0.2) is 4.79 Å². The van der Waals surface area contributed by atoms with Crippen LogP contribution in [0.25, 0.3) is 0 Å². The van der Waals surface area contributed by atoms with Gasteiger partial charge in [-0.05, 0) is 22.6 Å². The third-order valence-corrected chi connectivity index (χ3v) is 1.96. The predicted molar refractivity (Wildman–Crippen MR) is 43.8 cm³/mol. The average molecular weight is 285 g/mol. The Bertz CT molecular complexity index is 319. The topological polar surface area (TPSA) is 50.2 Å². The van der Waals surface area contributed by atoms with E-state index in [0.29, 0.717) is 0 Å². The van der Waals surface area contributed by atoms with Crippen molar-refractivity contribution in [2.75, 3.05) is 0 Å². The Morgan fingerprint density at radius 1 is 1.58 bits per heavy atom. The van der Waals surface area contributed by atoms with Gasteiger partial charge in [0.05, 0.1) is 0 Å². The molecule has 6 heteroatoms. The summed E-state index contributed by atoms with van der Waals surface area (Å²) in [7, 11) is 0. The monoisotopic (exact) mass is 285 g/mol. The van der Waals surface area contributed by atoms with Gasteiger partial charge in [-0.3, -0.25) is 0 Å². The van der Waals surface area contributed by atoms with Crippen LogP contribution in [0.4, 0.5) is 8.78 Å². The minimum Gasteiger partial charge on any atom is -0.477 e. The maximum absolute atomic E-state index is 12.6. The molecule has 1 aromatic rings. The number of hydrogen-bond donors (Lipinski definition) is 1. The quantitative estimate of drug-likeness (QED) is 0.630. The van der Waals surface area contributed by atoms with E-state index in [-0.39, 0.29) is 3.57 Å². The fourth-order valence-electron chi connectivity index (χ4n) is 0.648. The molecule has 12 heavy (non-hydrogen) atoms. The second-order valence-electron chi connectivity index (χ2n) is 1.90. The largest absolute Gasteiger partial charge is 0.477 e. The molecule has 1 N–H and O–H groups in total. The first kappa shape index (κ1) is 9.30. The fourth-order valence-corrected chi connectivity index (χ4v) is 1.36. The van der Waals surface area contributed by atoms with Crippen LogP contribution >= 0.6 is 22.6 Å². The molecule has 0 spiro atoms. The van der Waals surface area contributed by atoms with Gasteiger partial charge in [-0.1, -0.05) is 0 Å². The molecule has 0 aliphatic carbocycles. The van der Waals surface area contributed by atoms with Crippen LogP contribution in [0.1, 0.15) is 10.4 Å². The van der Waals surface area contributed by atoms with Crippen LogP contribution in [0, 0.1) is 15.5 Å². The van der Waals surface area contributed by atoms with Crippen molar-refractivity contribution in [2.45, 2.75) is 0 Å². The van der Waals surface area contributed by atoms with E-state index in [0.717, 1.165) is 6.07 Å². The summed E-state index contributed by atoms with van der Waals surface area (Å²) in [5.74, 6) is -3.78. The summed E-state index contributed by atoms with van der Waals surface area (Å²) >= 11 is 1.53. The lowest BCUT2D eigenvalue weighted by molar-refractivity contribution is 0.0689. The SMILES string of the molecule is O=C(O)c1c(I)cc(F)nc1F. The van der Waals surface area contributed by atoms with E-state index in [1.807, 2.05) is 0 Å². The van der Waals surface area contributed by atoms with Gasteiger partial charge in [0.15, 0.2) is 0 Å². The zero-order chi connectivity index (χ0) is 9.30. The fraction of sp³-hybridized carbons (Fsp3) is 0. The number of hydrogen-bond acceptors (Lipinski definition) is 2. The van der Waals surface area contributed by atoms with Crippen molar-refractivity contribution >= 4 is 28.6 Å². The van der Waals surface area contributed by atoms with Crippen LogP contribution in [0.2, 0.25) is 0 Å². The molecule has 0 unspecified atom stereocenters. The second kappa shape index (κ2) is 3.30. The van der Waals surface area contributed by atoms with Crippen LogP contribution < -0.4 is 0 Å². The summed E-state index contributed by atoms with van der Waals surface area (Å²) < 4.78 is 24.9. The van der Waals surface area contributed by atoms with Crippen LogP contribution in [0.15, 0.2) is 6.07 Å². The first-order chi connectivity index (χ1) is 5.52. The summed E-state index contributed by atoms with van der Waals surface area (Å²) in [4.78, 5) is 13.1. The molecule has 1 aromatic heterocycles. The smallest absolute Gasteiger partial charge is 0.341 e. The van der Waals surface area contributed by atoms with Crippen LogP contribution in [0.5, 0.6) is 0 Å². The van der Waals surface area contributed by atoms with E-state index in [1.54, 1.807) is 0 Å². The van der Waals surface area contributed by atoms with Crippen LogP contribution in [-0.2, 0) is 0 Å². The lowest BCUT2D eigenvalue weighted by Gasteiger charge is -1.98. The number of carboxylic acids is 1. The Morgan fingerprint density at radius 2 is 2.17 bits per heavy atom. The third kappa shape index (κ3) is 1.68. The van der Waals surface area contributed by atoms with Crippen molar-refractivity contribution in [1.29, 1.82) is 0 Å². The second-order valence-corrected chi connectivity index (χ2v) is 3.06. The van der Waals surface area contributed by atoms with E-state index in [4.69, 9.17) is 5.11 Å². The number of carbonyl (C=O) groups is 1. The molecule has 1 heterocycles. The van der Waals surface area contributed by atoms with E-state index >= 15 is 0 Å². The van der Waals surface area contributed by atoms with E-state index in [1.165, 1.54) is 22.6 Å². The molecule has 0 aliphatic heterocycles. The lowest BCUT2D eigenvalue weighted by atomic mass is 10.3. The normalized spacial score (nSPS) is 9.92. The highest BCUT2D eigenvalue weighted by Crippen LogP contribution is 2.15. The van der Waals surface area contributed by atoms with Crippen molar-refractivity contribution in [3.63, 3.8) is 0 Å². The molecule has 3 nitrogen and oxygen atoms in total. The van der Waals surface area contributed by atoms with Gasteiger partial charge in [-0.2, -0.15) is 13.8 Å². The van der Waals surface area contributed by atoms with Gasteiger partial charge in [0.25, 0.3) is 0 Å². The third-order valence-electron chi connectivity index (χ3n) is 1.11. The Balaban J connectivity index is 3.38. The van der Waals surface area contributed by atoms with E-state index in [2.05, 4.69) is 4.98 Å². The van der Waals surface area contributed by atoms with Gasteiger partial charge in [0.1, 0.15) is 5.56 Å². The van der Waals surface area contributed by atoms with Crippen molar-refractivity contribution in [1.82, 2.24) is 4.98 Å². The molecule has 64 valence electrons. The standard InChI is InChI=1S/C6H2F2INO2/c7-3-1-2(9)4(6(11)12)5(8)10-3/h1H,(H,11,12). The molecule has 0 bridgehead atoms. The molecule has 0 saturated carbocycles. The van der Waals surface area contributed by atoms with Gasteiger partial charge in [0.2, 0.25) is 11.9 Å². The minimum absolute atomic E-state index is 0.00917. The van der Waals surface area contributed by atoms with Crippen molar-refractivity contribution in [3.8, 4) is 0 Å². The Kier molecular flexibility index (Phi) is 2.55. The molecule has 0 aliphatic rings. The van der Waals surface area contributed by atoms with Crippen LogP contribution in [0.3, 0.4) is 0 Å². The molecule has 0 aromatic carbocycles. The Hall–Kier alpha value is -0.790. The highest BCUT2D eigenvalue weighted by atomic mass is 127. The number of carboxylic acid groups (broad SMARTS) is 1. The number of nitrogens with zero attached hydrogens (tertiary/aromatic N) is 1. The number of halogens is 3. The summed E-state index contributed by atoms with van der Waals surface area (Å²) in [6.45, 7) is 0. The first-order valence-corrected chi connectivity index (χ1v) is 3.85. The Morgan fingerprint density at radius 3 is 2.58 bits per heavy atom. The lowest BCUT2D eigenvalue weighted by Crippen LogP contribution is -2.07. The molecule has 0 saturated heterocycles. The minimum atomic E-state index is -1.45. The summed E-state index contributed by atoms with van der Waals surface area (Å²) in [6, 6.07) is 0.854. The number of aromatic nitrogens is 1. The van der Waals surface area contributed by atoms with E-state index in [9.17, 15) is 13.6 Å². The average Bonchev–Trinajstić information content (AvgIpc) is 1.82. The molecule has 0 atom stereocenters. The molecular formula is C6H2F2INO2. The first-order valence-electron chi connectivity index (χ1n) is 2.77. The number of pyridine rings is 1. The molecule has 0 radical (unpaired) electrons. The Labute approximate surface area is 79.6 Å². The number of rotatable bonds is 1. The number of aromatic carboxylic acids is 1. The van der Waals surface area contributed by atoms with Crippen LogP contribution in [-0.4, -0.2) is 16.1 Å². The van der Waals surface area contributed by atoms with Gasteiger partial charge in [-0.15, -0.1) is 0 Å². The zero-order valence-corrected chi connectivity index (χ0v) is 7.67. The van der Waals surface area contributed by atoms with Gasteiger partial charge in [0, 0.05) is 9.64 Å². The summed E-state index contributed by atoms with van der Waals surface area (Å²) in [5.41, 5.74) is -0.600. The van der Waals surface area contributed by atoms with Gasteiger partial charge < -0.3 is 5.11 Å². The molecule has 0 fully saturated rings. The summed E-state index contributed by atoms with van der Waals surface area (Å²) in [5, 5.41) is 8.43. The maximum atomic E-state index is 12.6. The van der Waals surface area contributed by atoms with Gasteiger partial charge >= 0.3 is 5.97 Å². The molecular weight excluding hydrogens is 283 g/mol. The van der Waals surface area contributed by atoms with E-state index < -0.39 is 23.4 Å². The van der Waals surface area contributed by atoms with Crippen molar-refractivity contribution in [3.05, 3.63) is 27.1 Å². The zero-order valence-electron chi connectivity index (χ0n) is 5.51. The molecule has 0 amide bonds. The highest BCUT2D eigenvalue weighted by Gasteiger charge is 2.17. The molecule has 1 rings (SSSR count). The maximum Gasteiger partial charge on any atom is 0.341 e. The summed E-state index contributed by atoms with van der Waals surface area (Å²) in [6.07, 6.45) is 0.